The van der Waals surface area contributed by atoms with E-state index < -0.39 is 0 Å². The highest BCUT2D eigenvalue weighted by Crippen LogP contribution is 2.17. The molecule has 0 radical (unpaired) electrons. The summed E-state index contributed by atoms with van der Waals surface area (Å²) in [5.74, 6) is -0.302. The molecule has 0 saturated heterocycles. The second kappa shape index (κ2) is 5.98. The van der Waals surface area contributed by atoms with Gasteiger partial charge in [-0.3, -0.25) is 4.79 Å². The van der Waals surface area contributed by atoms with Crippen LogP contribution in [0.3, 0.4) is 0 Å². The third-order valence-corrected chi connectivity index (χ3v) is 3.23. The predicted octanol–water partition coefficient (Wildman–Crippen LogP) is 4.60. The molecule has 0 aliphatic rings. The summed E-state index contributed by atoms with van der Waals surface area (Å²) in [6.07, 6.45) is 0.843. The van der Waals surface area contributed by atoms with Crippen molar-refractivity contribution in [1.82, 2.24) is 0 Å². The summed E-state index contributed by atoms with van der Waals surface area (Å²) in [4.78, 5) is 12.1. The van der Waals surface area contributed by atoms with Crippen molar-refractivity contribution in [2.45, 2.75) is 19.8 Å². The number of carbonyl (C=O) groups excluding carboxylic acids is 1. The van der Waals surface area contributed by atoms with Gasteiger partial charge in [-0.1, -0.05) is 35.9 Å². The highest BCUT2D eigenvalue weighted by molar-refractivity contribution is 6.30. The molecule has 0 aromatic heterocycles. The fraction of sp³-hybridized carbons (Fsp3) is 0.188. The first-order valence-corrected chi connectivity index (χ1v) is 6.48. The standard InChI is InChI=1S/C16H14ClFO/c1-11-4-2-3-5-15(11)16(19)7-6-12-8-13(17)10-14(18)9-12/h2-5,8-10H,6-7H2,1H3. The molecule has 0 saturated carbocycles. The Morgan fingerprint density at radius 3 is 2.63 bits per heavy atom. The molecule has 0 atom stereocenters. The van der Waals surface area contributed by atoms with E-state index in [4.69, 9.17) is 11.6 Å². The molecule has 1 nitrogen and oxygen atoms in total. The Kier molecular flexibility index (Phi) is 4.33. The predicted molar refractivity (Wildman–Crippen MR) is 75.2 cm³/mol. The van der Waals surface area contributed by atoms with Crippen molar-refractivity contribution in [3.63, 3.8) is 0 Å². The Labute approximate surface area is 117 Å². The van der Waals surface area contributed by atoms with Crippen molar-refractivity contribution < 1.29 is 9.18 Å². The van der Waals surface area contributed by atoms with Crippen LogP contribution in [0, 0.1) is 12.7 Å². The number of ketones is 1. The van der Waals surface area contributed by atoms with Crippen LogP contribution in [0.2, 0.25) is 5.02 Å². The Bertz CT molecular complexity index is 587. The number of halogens is 2. The zero-order chi connectivity index (χ0) is 13.8. The number of Topliss-reactive ketones (excluding diaryl/α,β-unsaturated/α-hetero) is 1. The molecule has 0 unspecified atom stereocenters. The highest BCUT2D eigenvalue weighted by atomic mass is 35.5. The summed E-state index contributed by atoms with van der Waals surface area (Å²) in [6, 6.07) is 11.8. The molecule has 19 heavy (non-hydrogen) atoms. The van der Waals surface area contributed by atoms with Crippen molar-refractivity contribution in [3.8, 4) is 0 Å². The summed E-state index contributed by atoms with van der Waals surface area (Å²) in [5.41, 5.74) is 2.43. The smallest absolute Gasteiger partial charge is 0.163 e. The molecule has 2 aromatic carbocycles. The molecular weight excluding hydrogens is 263 g/mol. The first-order chi connectivity index (χ1) is 9.06. The van der Waals surface area contributed by atoms with Gasteiger partial charge in [0.2, 0.25) is 0 Å². The average molecular weight is 277 g/mol. The lowest BCUT2D eigenvalue weighted by atomic mass is 9.99. The van der Waals surface area contributed by atoms with Gasteiger partial charge in [0.05, 0.1) is 0 Å². The molecule has 98 valence electrons. The molecule has 0 amide bonds. The molecule has 0 aliphatic carbocycles. The number of benzene rings is 2. The van der Waals surface area contributed by atoms with E-state index in [-0.39, 0.29) is 11.6 Å². The Balaban J connectivity index is 2.07. The fourth-order valence-corrected chi connectivity index (χ4v) is 2.28. The lowest BCUT2D eigenvalue weighted by Gasteiger charge is -2.05. The maximum atomic E-state index is 13.2. The van der Waals surface area contributed by atoms with Crippen LogP contribution >= 0.6 is 11.6 Å². The molecule has 0 aliphatic heterocycles. The van der Waals surface area contributed by atoms with Gasteiger partial charge in [-0.2, -0.15) is 0 Å². The van der Waals surface area contributed by atoms with Crippen molar-refractivity contribution in [2.24, 2.45) is 0 Å². The van der Waals surface area contributed by atoms with Crippen LogP contribution < -0.4 is 0 Å². The summed E-state index contributed by atoms with van der Waals surface area (Å²) in [7, 11) is 0. The number of hydrogen-bond donors (Lipinski definition) is 0. The maximum absolute atomic E-state index is 13.2. The van der Waals surface area contributed by atoms with E-state index >= 15 is 0 Å². The van der Waals surface area contributed by atoms with Gasteiger partial charge in [-0.15, -0.1) is 0 Å². The second-order valence-electron chi connectivity index (χ2n) is 4.52. The third-order valence-electron chi connectivity index (χ3n) is 3.01. The zero-order valence-corrected chi connectivity index (χ0v) is 11.4. The van der Waals surface area contributed by atoms with Gasteiger partial charge in [0.25, 0.3) is 0 Å². The Hall–Kier alpha value is -1.67. The normalized spacial score (nSPS) is 10.5. The lowest BCUT2D eigenvalue weighted by Crippen LogP contribution is -2.03. The van der Waals surface area contributed by atoms with Gasteiger partial charge in [-0.05, 0) is 42.7 Å². The molecular formula is C16H14ClFO. The van der Waals surface area contributed by atoms with Gasteiger partial charge in [0.15, 0.2) is 5.78 Å². The highest BCUT2D eigenvalue weighted by Gasteiger charge is 2.09. The Morgan fingerprint density at radius 2 is 1.95 bits per heavy atom. The first-order valence-electron chi connectivity index (χ1n) is 6.10. The van der Waals surface area contributed by atoms with Crippen LogP contribution in [0.1, 0.15) is 27.9 Å². The number of hydrogen-bond acceptors (Lipinski definition) is 1. The topological polar surface area (TPSA) is 17.1 Å². The third kappa shape index (κ3) is 3.65. The van der Waals surface area contributed by atoms with Gasteiger partial charge in [0, 0.05) is 17.0 Å². The van der Waals surface area contributed by atoms with Crippen LogP contribution in [-0.2, 0) is 6.42 Å². The summed E-state index contributed by atoms with van der Waals surface area (Å²) in [5, 5.41) is 0.360. The molecule has 0 fully saturated rings. The van der Waals surface area contributed by atoms with E-state index in [0.717, 1.165) is 16.7 Å². The van der Waals surface area contributed by atoms with Crippen molar-refractivity contribution in [2.75, 3.05) is 0 Å². The largest absolute Gasteiger partial charge is 0.294 e. The minimum atomic E-state index is -0.370. The molecule has 0 bridgehead atoms. The molecule has 0 N–H and O–H groups in total. The molecule has 3 heteroatoms. The van der Waals surface area contributed by atoms with E-state index in [1.807, 2.05) is 31.2 Å². The van der Waals surface area contributed by atoms with Crippen molar-refractivity contribution >= 4 is 17.4 Å². The number of rotatable bonds is 4. The molecule has 0 heterocycles. The van der Waals surface area contributed by atoms with Crippen LogP contribution in [0.15, 0.2) is 42.5 Å². The molecule has 0 spiro atoms. The fourth-order valence-electron chi connectivity index (χ4n) is 2.03. The van der Waals surface area contributed by atoms with Crippen molar-refractivity contribution in [1.29, 1.82) is 0 Å². The van der Waals surface area contributed by atoms with E-state index in [0.29, 0.717) is 17.9 Å². The SMILES string of the molecule is Cc1ccccc1C(=O)CCc1cc(F)cc(Cl)c1. The summed E-state index contributed by atoms with van der Waals surface area (Å²) in [6.45, 7) is 1.91. The average Bonchev–Trinajstić information content (AvgIpc) is 2.35. The van der Waals surface area contributed by atoms with Crippen LogP contribution in [-0.4, -0.2) is 5.78 Å². The van der Waals surface area contributed by atoms with Crippen LogP contribution in [0.5, 0.6) is 0 Å². The Morgan fingerprint density at radius 1 is 1.21 bits per heavy atom. The minimum Gasteiger partial charge on any atom is -0.294 e. The zero-order valence-electron chi connectivity index (χ0n) is 10.6. The monoisotopic (exact) mass is 276 g/mol. The number of carbonyl (C=O) groups is 1. The van der Waals surface area contributed by atoms with Gasteiger partial charge < -0.3 is 0 Å². The van der Waals surface area contributed by atoms with E-state index in [2.05, 4.69) is 0 Å². The minimum absolute atomic E-state index is 0.0680. The molecule has 2 aromatic rings. The maximum Gasteiger partial charge on any atom is 0.163 e. The number of aryl methyl sites for hydroxylation is 2. The molecule has 2 rings (SSSR count). The summed E-state index contributed by atoms with van der Waals surface area (Å²) >= 11 is 5.78. The van der Waals surface area contributed by atoms with Gasteiger partial charge in [-0.25, -0.2) is 4.39 Å². The first kappa shape index (κ1) is 13.8. The summed E-state index contributed by atoms with van der Waals surface area (Å²) < 4.78 is 13.2. The van der Waals surface area contributed by atoms with Gasteiger partial charge >= 0.3 is 0 Å². The second-order valence-corrected chi connectivity index (χ2v) is 4.95. The van der Waals surface area contributed by atoms with Crippen molar-refractivity contribution in [3.05, 3.63) is 70.0 Å². The van der Waals surface area contributed by atoms with E-state index in [1.54, 1.807) is 6.07 Å². The lowest BCUT2D eigenvalue weighted by molar-refractivity contribution is 0.0982. The van der Waals surface area contributed by atoms with Crippen LogP contribution in [0.4, 0.5) is 4.39 Å². The quantitative estimate of drug-likeness (QED) is 0.746. The van der Waals surface area contributed by atoms with E-state index in [9.17, 15) is 9.18 Å². The van der Waals surface area contributed by atoms with Gasteiger partial charge in [0.1, 0.15) is 5.82 Å². The van der Waals surface area contributed by atoms with Crippen LogP contribution in [0.25, 0.3) is 0 Å². The van der Waals surface area contributed by atoms with E-state index in [1.165, 1.54) is 12.1 Å².